The van der Waals surface area contributed by atoms with Crippen molar-refractivity contribution in [3.63, 3.8) is 0 Å². The molecule has 1 fully saturated rings. The predicted molar refractivity (Wildman–Crippen MR) is 140 cm³/mol. The van der Waals surface area contributed by atoms with E-state index in [1.165, 1.54) is 31.0 Å². The van der Waals surface area contributed by atoms with E-state index in [4.69, 9.17) is 24.3 Å². The molecule has 0 radical (unpaired) electrons. The molecule has 1 aliphatic rings. The molecular formula is C24H31N6O8P. The summed E-state index contributed by atoms with van der Waals surface area (Å²) < 4.78 is 37.6. The maximum absolute atomic E-state index is 13.8. The predicted octanol–water partition coefficient (Wildman–Crippen LogP) is 1.07. The van der Waals surface area contributed by atoms with Crippen LogP contribution in [0, 0.1) is 0 Å². The van der Waals surface area contributed by atoms with Crippen LogP contribution in [0.15, 0.2) is 53.8 Å². The Morgan fingerprint density at radius 1 is 1.33 bits per heavy atom. The number of aromatic nitrogens is 3. The van der Waals surface area contributed by atoms with Crippen molar-refractivity contribution in [1.82, 2.24) is 19.7 Å². The highest BCUT2D eigenvalue weighted by Crippen LogP contribution is 2.47. The first-order valence-corrected chi connectivity index (χ1v) is 13.7. The van der Waals surface area contributed by atoms with Gasteiger partial charge in [0.25, 0.3) is 0 Å². The number of rotatable bonds is 11. The minimum absolute atomic E-state index is 0.127. The second kappa shape index (κ2) is 11.8. The Bertz CT molecular complexity index is 1370. The van der Waals surface area contributed by atoms with Crippen LogP contribution in [0.4, 0.5) is 5.82 Å². The van der Waals surface area contributed by atoms with Crippen LogP contribution in [-0.4, -0.2) is 81.6 Å². The molecule has 3 aromatic rings. The fourth-order valence-corrected chi connectivity index (χ4v) is 5.75. The van der Waals surface area contributed by atoms with Crippen LogP contribution in [0.25, 0.3) is 5.52 Å². The number of fused-ring (bicyclic) bond motifs is 1. The van der Waals surface area contributed by atoms with Crippen LogP contribution in [0.3, 0.4) is 0 Å². The van der Waals surface area contributed by atoms with Gasteiger partial charge in [0.1, 0.15) is 41.9 Å². The van der Waals surface area contributed by atoms with E-state index in [1.54, 1.807) is 49.4 Å². The van der Waals surface area contributed by atoms with Crippen molar-refractivity contribution >= 4 is 31.3 Å². The van der Waals surface area contributed by atoms with Crippen LogP contribution in [0.5, 0.6) is 5.75 Å². The summed E-state index contributed by atoms with van der Waals surface area (Å²) >= 11 is 0. The van der Waals surface area contributed by atoms with Gasteiger partial charge in [0, 0.05) is 13.3 Å². The number of anilines is 1. The lowest BCUT2D eigenvalue weighted by Crippen LogP contribution is -2.43. The largest absolute Gasteiger partial charge is 0.465 e. The summed E-state index contributed by atoms with van der Waals surface area (Å²) in [6.07, 6.45) is -1.64. The van der Waals surface area contributed by atoms with Gasteiger partial charge in [-0.3, -0.25) is 14.3 Å². The van der Waals surface area contributed by atoms with E-state index in [0.717, 1.165) is 0 Å². The highest BCUT2D eigenvalue weighted by atomic mass is 31.2. The molecule has 3 heterocycles. The molecule has 2 aromatic heterocycles. The number of aliphatic hydroxyl groups excluding tert-OH is 2. The minimum Gasteiger partial charge on any atom is -0.465 e. The number of carbonyl (C=O) groups excluding carboxylic acids is 1. The highest BCUT2D eigenvalue weighted by molar-refractivity contribution is 7.52. The number of nitrogen functional groups attached to an aromatic ring is 1. The third-order valence-electron chi connectivity index (χ3n) is 6.06. The third-order valence-corrected chi connectivity index (χ3v) is 7.71. The molecule has 6 atom stereocenters. The zero-order valence-corrected chi connectivity index (χ0v) is 22.5. The quantitative estimate of drug-likeness (QED) is 0.148. The van der Waals surface area contributed by atoms with Crippen LogP contribution >= 0.6 is 7.75 Å². The standard InChI is InChI=1S/C24H31N6O8P/c1-4-35-23(33)15(2)29-39(34,38-16-8-6-5-7-9-16)36-12-18-20(31)21(32)24(37-18,13-26-3)19-11-10-17-22(25)27-14-28-30(17)19/h5-11,13-15,18,20-21,31-32H,4,12H2,1-3H3,(H,29,34)(H2,25,27,28)/t15-,18?,20+,21+,24-,39?/m0/s1. The summed E-state index contributed by atoms with van der Waals surface area (Å²) in [5, 5.41) is 28.9. The summed E-state index contributed by atoms with van der Waals surface area (Å²) in [5.74, 6) is -0.250. The summed E-state index contributed by atoms with van der Waals surface area (Å²) in [6, 6.07) is 10.4. The molecule has 0 aliphatic carbocycles. The highest BCUT2D eigenvalue weighted by Gasteiger charge is 2.56. The first-order chi connectivity index (χ1) is 18.6. The molecule has 1 saturated heterocycles. The van der Waals surface area contributed by atoms with Gasteiger partial charge in [0.05, 0.1) is 18.9 Å². The van der Waals surface area contributed by atoms with Crippen LogP contribution < -0.4 is 15.3 Å². The van der Waals surface area contributed by atoms with E-state index in [-0.39, 0.29) is 18.2 Å². The van der Waals surface area contributed by atoms with Gasteiger partial charge in [-0.2, -0.15) is 10.2 Å². The SMILES string of the molecule is CCOC(=O)[C@H](C)NP(=O)(OCC1O[C@@](C=NC)(c2ccc3c(N)ncnn23)[C@H](O)[C@@H]1O)Oc1ccccc1. The number of ether oxygens (including phenoxy) is 2. The molecule has 15 heteroatoms. The van der Waals surface area contributed by atoms with E-state index in [0.29, 0.717) is 11.2 Å². The number of benzene rings is 1. The maximum atomic E-state index is 13.8. The molecule has 0 bridgehead atoms. The van der Waals surface area contributed by atoms with Crippen LogP contribution in [-0.2, 0) is 29.0 Å². The van der Waals surface area contributed by atoms with E-state index in [2.05, 4.69) is 20.2 Å². The van der Waals surface area contributed by atoms with Crippen molar-refractivity contribution in [3.8, 4) is 5.75 Å². The van der Waals surface area contributed by atoms with Gasteiger partial charge in [-0.1, -0.05) is 18.2 Å². The number of aliphatic hydroxyl groups is 2. The first-order valence-electron chi connectivity index (χ1n) is 12.1. The van der Waals surface area contributed by atoms with Gasteiger partial charge < -0.3 is 29.9 Å². The summed E-state index contributed by atoms with van der Waals surface area (Å²) in [5.41, 5.74) is 5.07. The van der Waals surface area contributed by atoms with Gasteiger partial charge in [-0.15, -0.1) is 0 Å². The number of para-hydroxylation sites is 1. The molecule has 2 unspecified atom stereocenters. The van der Waals surface area contributed by atoms with Crippen molar-refractivity contribution in [1.29, 1.82) is 0 Å². The Hall–Kier alpha value is -3.39. The van der Waals surface area contributed by atoms with Crippen LogP contribution in [0.2, 0.25) is 0 Å². The molecular weight excluding hydrogens is 531 g/mol. The Morgan fingerprint density at radius 3 is 2.77 bits per heavy atom. The fourth-order valence-electron chi connectivity index (χ4n) is 4.24. The van der Waals surface area contributed by atoms with Gasteiger partial charge in [0.2, 0.25) is 0 Å². The molecule has 5 N–H and O–H groups in total. The van der Waals surface area contributed by atoms with E-state index < -0.39 is 50.3 Å². The van der Waals surface area contributed by atoms with E-state index >= 15 is 0 Å². The van der Waals surface area contributed by atoms with E-state index in [9.17, 15) is 19.6 Å². The second-order valence-corrected chi connectivity index (χ2v) is 10.4. The molecule has 1 aromatic carbocycles. The lowest BCUT2D eigenvalue weighted by molar-refractivity contribution is -0.144. The Kier molecular flexibility index (Phi) is 8.64. The Labute approximate surface area is 224 Å². The second-order valence-electron chi connectivity index (χ2n) is 8.73. The van der Waals surface area contributed by atoms with Crippen LogP contribution in [0.1, 0.15) is 19.5 Å². The van der Waals surface area contributed by atoms with Gasteiger partial charge in [-0.25, -0.2) is 14.1 Å². The lowest BCUT2D eigenvalue weighted by atomic mass is 9.92. The molecule has 39 heavy (non-hydrogen) atoms. The first kappa shape index (κ1) is 28.6. The molecule has 1 aliphatic heterocycles. The Balaban J connectivity index is 1.60. The molecule has 4 rings (SSSR count). The number of aliphatic imine (C=N–C) groups is 1. The number of nitrogens with two attached hydrogens (primary N) is 1. The smallest absolute Gasteiger partial charge is 0.459 e. The molecule has 0 amide bonds. The van der Waals surface area contributed by atoms with Crippen molar-refractivity contribution in [2.24, 2.45) is 4.99 Å². The minimum atomic E-state index is -4.24. The Morgan fingerprint density at radius 2 is 2.08 bits per heavy atom. The maximum Gasteiger partial charge on any atom is 0.459 e. The van der Waals surface area contributed by atoms with Crippen molar-refractivity contribution in [3.05, 3.63) is 54.5 Å². The normalized spacial score (nSPS) is 25.5. The summed E-state index contributed by atoms with van der Waals surface area (Å²) in [7, 11) is -2.75. The number of hydrogen-bond acceptors (Lipinski definition) is 12. The lowest BCUT2D eigenvalue weighted by Gasteiger charge is -2.28. The molecule has 210 valence electrons. The monoisotopic (exact) mass is 562 g/mol. The van der Waals surface area contributed by atoms with Crippen molar-refractivity contribution < 1.29 is 38.1 Å². The summed E-state index contributed by atoms with van der Waals surface area (Å²) in [4.78, 5) is 20.2. The number of carbonyl (C=O) groups is 1. The average molecular weight is 563 g/mol. The van der Waals surface area contributed by atoms with Crippen molar-refractivity contribution in [2.75, 3.05) is 26.0 Å². The van der Waals surface area contributed by atoms with Gasteiger partial charge >= 0.3 is 13.7 Å². The number of nitrogens with zero attached hydrogens (tertiary/aromatic N) is 4. The van der Waals surface area contributed by atoms with Crippen molar-refractivity contribution in [2.45, 2.75) is 43.8 Å². The topological polar surface area (TPSA) is 192 Å². The number of nitrogens with one attached hydrogen (secondary N) is 1. The number of hydrogen-bond donors (Lipinski definition) is 4. The zero-order chi connectivity index (χ0) is 28.2. The molecule has 14 nitrogen and oxygen atoms in total. The molecule has 0 spiro atoms. The summed E-state index contributed by atoms with van der Waals surface area (Å²) in [6.45, 7) is 2.72. The third kappa shape index (κ3) is 5.81. The van der Waals surface area contributed by atoms with Gasteiger partial charge in [-0.05, 0) is 38.1 Å². The fraction of sp³-hybridized carbons (Fsp3) is 0.417. The average Bonchev–Trinajstić information content (AvgIpc) is 3.45. The van der Waals surface area contributed by atoms with E-state index in [1.807, 2.05) is 0 Å². The zero-order valence-electron chi connectivity index (χ0n) is 21.6. The number of esters is 1. The van der Waals surface area contributed by atoms with Gasteiger partial charge in [0.15, 0.2) is 11.4 Å². The molecule has 0 saturated carbocycles.